The molecule has 0 aliphatic rings. The van der Waals surface area contributed by atoms with Crippen LogP contribution in [0.1, 0.15) is 13.8 Å². The van der Waals surface area contributed by atoms with Crippen LogP contribution in [-0.4, -0.2) is 5.91 Å². The minimum Gasteiger partial charge on any atom is -0.397 e. The Kier molecular flexibility index (Phi) is 4.69. The third kappa shape index (κ3) is 3.78. The van der Waals surface area contributed by atoms with E-state index in [1.807, 2.05) is 50.2 Å². The lowest BCUT2D eigenvalue weighted by Crippen LogP contribution is -2.18. The Hall–Kier alpha value is -1.94. The Morgan fingerprint density at radius 2 is 1.80 bits per heavy atom. The summed E-state index contributed by atoms with van der Waals surface area (Å²) in [5.41, 5.74) is 7.25. The zero-order valence-electron chi connectivity index (χ0n) is 11.6. The Balaban J connectivity index is 2.12. The molecule has 2 aromatic rings. The molecule has 3 N–H and O–H groups in total. The van der Waals surface area contributed by atoms with E-state index in [2.05, 4.69) is 17.4 Å². The summed E-state index contributed by atoms with van der Waals surface area (Å²) in [6.45, 7) is 3.70. The van der Waals surface area contributed by atoms with Gasteiger partial charge in [0.2, 0.25) is 5.91 Å². The zero-order valence-corrected chi connectivity index (χ0v) is 12.4. The molecular formula is C16H18N2OS. The van der Waals surface area contributed by atoms with Gasteiger partial charge in [-0.15, -0.1) is 0 Å². The maximum atomic E-state index is 11.7. The normalized spacial score (nSPS) is 10.6. The van der Waals surface area contributed by atoms with E-state index in [9.17, 15) is 4.79 Å². The number of amides is 1. The average Bonchev–Trinajstić information content (AvgIpc) is 2.42. The van der Waals surface area contributed by atoms with Crippen molar-refractivity contribution in [2.75, 3.05) is 11.1 Å². The van der Waals surface area contributed by atoms with Gasteiger partial charge in [0.1, 0.15) is 0 Å². The molecule has 1 amide bonds. The van der Waals surface area contributed by atoms with Crippen LogP contribution in [0.25, 0.3) is 0 Å². The van der Waals surface area contributed by atoms with E-state index < -0.39 is 0 Å². The largest absolute Gasteiger partial charge is 0.397 e. The number of rotatable bonds is 4. The first-order valence-electron chi connectivity index (χ1n) is 6.49. The number of benzene rings is 2. The van der Waals surface area contributed by atoms with Crippen molar-refractivity contribution in [3.63, 3.8) is 0 Å². The Bertz CT molecular complexity index is 597. The monoisotopic (exact) mass is 286 g/mol. The second-order valence-electron chi connectivity index (χ2n) is 4.81. The molecule has 0 aliphatic carbocycles. The Morgan fingerprint density at radius 1 is 1.10 bits per heavy atom. The molecule has 4 heteroatoms. The fourth-order valence-electron chi connectivity index (χ4n) is 1.62. The topological polar surface area (TPSA) is 55.1 Å². The number of hydrogen-bond donors (Lipinski definition) is 2. The first-order valence-corrected chi connectivity index (χ1v) is 7.31. The molecule has 2 rings (SSSR count). The van der Waals surface area contributed by atoms with Crippen molar-refractivity contribution in [2.45, 2.75) is 23.6 Å². The van der Waals surface area contributed by atoms with Crippen LogP contribution in [0.5, 0.6) is 0 Å². The van der Waals surface area contributed by atoms with E-state index in [1.54, 1.807) is 11.8 Å². The summed E-state index contributed by atoms with van der Waals surface area (Å²) in [6.07, 6.45) is 0. The predicted molar refractivity (Wildman–Crippen MR) is 84.9 cm³/mol. The van der Waals surface area contributed by atoms with Crippen LogP contribution in [0.2, 0.25) is 0 Å². The van der Waals surface area contributed by atoms with Gasteiger partial charge in [0.25, 0.3) is 0 Å². The molecule has 0 aliphatic heterocycles. The van der Waals surface area contributed by atoms with E-state index in [4.69, 9.17) is 5.73 Å². The summed E-state index contributed by atoms with van der Waals surface area (Å²) < 4.78 is 0. The molecular weight excluding hydrogens is 268 g/mol. The predicted octanol–water partition coefficient (Wildman–Crippen LogP) is 4.01. The van der Waals surface area contributed by atoms with E-state index in [-0.39, 0.29) is 11.8 Å². The number of hydrogen-bond acceptors (Lipinski definition) is 3. The van der Waals surface area contributed by atoms with Gasteiger partial charge in [0.05, 0.1) is 11.4 Å². The summed E-state index contributed by atoms with van der Waals surface area (Å²) in [6, 6.07) is 15.8. The van der Waals surface area contributed by atoms with Crippen molar-refractivity contribution in [1.29, 1.82) is 0 Å². The number of carbonyl (C=O) groups excluding carboxylic acids is 1. The number of nitrogen functional groups attached to an aromatic ring is 1. The van der Waals surface area contributed by atoms with Crippen LogP contribution in [0.15, 0.2) is 58.3 Å². The summed E-state index contributed by atoms with van der Waals surface area (Å²) in [4.78, 5) is 13.9. The quantitative estimate of drug-likeness (QED) is 0.835. The number of carbonyl (C=O) groups is 1. The van der Waals surface area contributed by atoms with Crippen LogP contribution >= 0.6 is 11.8 Å². The summed E-state index contributed by atoms with van der Waals surface area (Å²) in [7, 11) is 0. The smallest absolute Gasteiger partial charge is 0.226 e. The summed E-state index contributed by atoms with van der Waals surface area (Å²) in [5.74, 6) is -0.0899. The minimum absolute atomic E-state index is 0.0276. The van der Waals surface area contributed by atoms with E-state index in [0.717, 1.165) is 9.79 Å². The van der Waals surface area contributed by atoms with Crippen molar-refractivity contribution in [1.82, 2.24) is 0 Å². The van der Waals surface area contributed by atoms with Gasteiger partial charge in [-0.2, -0.15) is 0 Å². The number of nitrogens with two attached hydrogens (primary N) is 1. The third-order valence-electron chi connectivity index (χ3n) is 2.78. The highest BCUT2D eigenvalue weighted by molar-refractivity contribution is 7.99. The molecule has 0 bridgehead atoms. The average molecular weight is 286 g/mol. The van der Waals surface area contributed by atoms with Crippen LogP contribution in [-0.2, 0) is 4.79 Å². The van der Waals surface area contributed by atoms with Crippen LogP contribution in [0.4, 0.5) is 11.4 Å². The fourth-order valence-corrected chi connectivity index (χ4v) is 2.51. The molecule has 0 radical (unpaired) electrons. The fraction of sp³-hybridized carbons (Fsp3) is 0.188. The molecule has 0 spiro atoms. The Morgan fingerprint density at radius 3 is 2.40 bits per heavy atom. The maximum Gasteiger partial charge on any atom is 0.226 e. The molecule has 3 nitrogen and oxygen atoms in total. The van der Waals surface area contributed by atoms with E-state index in [0.29, 0.717) is 11.4 Å². The van der Waals surface area contributed by atoms with Gasteiger partial charge in [-0.1, -0.05) is 43.8 Å². The first-order chi connectivity index (χ1) is 9.56. The van der Waals surface area contributed by atoms with Gasteiger partial charge in [-0.3, -0.25) is 4.79 Å². The lowest BCUT2D eigenvalue weighted by molar-refractivity contribution is -0.118. The van der Waals surface area contributed by atoms with Crippen molar-refractivity contribution < 1.29 is 4.79 Å². The molecule has 2 aromatic carbocycles. The minimum atomic E-state index is -0.0622. The van der Waals surface area contributed by atoms with Crippen molar-refractivity contribution >= 4 is 29.0 Å². The van der Waals surface area contributed by atoms with Gasteiger partial charge >= 0.3 is 0 Å². The Labute approximate surface area is 123 Å². The lowest BCUT2D eigenvalue weighted by atomic mass is 10.2. The van der Waals surface area contributed by atoms with Gasteiger partial charge in [-0.05, 0) is 30.3 Å². The SMILES string of the molecule is CC(C)C(=O)Nc1ccc(Sc2ccccc2)cc1N. The highest BCUT2D eigenvalue weighted by Crippen LogP contribution is 2.31. The zero-order chi connectivity index (χ0) is 14.5. The van der Waals surface area contributed by atoms with Crippen LogP contribution in [0, 0.1) is 5.92 Å². The van der Waals surface area contributed by atoms with Crippen molar-refractivity contribution in [3.8, 4) is 0 Å². The standard InChI is InChI=1S/C16H18N2OS/c1-11(2)16(19)18-15-9-8-13(10-14(15)17)20-12-6-4-3-5-7-12/h3-11H,17H2,1-2H3,(H,18,19). The molecule has 0 saturated heterocycles. The molecule has 104 valence electrons. The third-order valence-corrected chi connectivity index (χ3v) is 3.78. The number of anilines is 2. The van der Waals surface area contributed by atoms with E-state index >= 15 is 0 Å². The molecule has 0 heterocycles. The summed E-state index contributed by atoms with van der Waals surface area (Å²) in [5, 5.41) is 2.83. The number of nitrogens with one attached hydrogen (secondary N) is 1. The second-order valence-corrected chi connectivity index (χ2v) is 5.96. The van der Waals surface area contributed by atoms with E-state index in [1.165, 1.54) is 0 Å². The highest BCUT2D eigenvalue weighted by atomic mass is 32.2. The van der Waals surface area contributed by atoms with Gasteiger partial charge in [0, 0.05) is 15.7 Å². The molecule has 0 aromatic heterocycles. The molecule has 20 heavy (non-hydrogen) atoms. The molecule has 0 saturated carbocycles. The maximum absolute atomic E-state index is 11.7. The highest BCUT2D eigenvalue weighted by Gasteiger charge is 2.09. The van der Waals surface area contributed by atoms with Crippen molar-refractivity contribution in [3.05, 3.63) is 48.5 Å². The molecule has 0 unspecified atom stereocenters. The van der Waals surface area contributed by atoms with Gasteiger partial charge < -0.3 is 11.1 Å². The van der Waals surface area contributed by atoms with Crippen molar-refractivity contribution in [2.24, 2.45) is 5.92 Å². The lowest BCUT2D eigenvalue weighted by Gasteiger charge is -2.11. The van der Waals surface area contributed by atoms with Crippen LogP contribution < -0.4 is 11.1 Å². The van der Waals surface area contributed by atoms with Gasteiger partial charge in [0.15, 0.2) is 0 Å². The first kappa shape index (κ1) is 14.5. The summed E-state index contributed by atoms with van der Waals surface area (Å²) >= 11 is 1.64. The van der Waals surface area contributed by atoms with Gasteiger partial charge in [-0.25, -0.2) is 0 Å². The van der Waals surface area contributed by atoms with Crippen LogP contribution in [0.3, 0.4) is 0 Å². The molecule has 0 fully saturated rings. The second kappa shape index (κ2) is 6.48. The molecule has 0 atom stereocenters.